The Morgan fingerprint density at radius 3 is 2.21 bits per heavy atom. The van der Waals surface area contributed by atoms with Crippen LogP contribution >= 0.6 is 0 Å². The molecule has 0 saturated carbocycles. The van der Waals surface area contributed by atoms with Crippen LogP contribution in [0, 0.1) is 12.7 Å². The SMILES string of the molecule is COC(=O)c1ccc(C)c(NC(=O)CN(C)CC(=O)Nc2ccc(F)cc2)c1. The monoisotopic (exact) mass is 387 g/mol. The van der Waals surface area contributed by atoms with Crippen LogP contribution in [0.2, 0.25) is 0 Å². The summed E-state index contributed by atoms with van der Waals surface area (Å²) in [6.45, 7) is 1.75. The molecule has 148 valence electrons. The first-order chi connectivity index (χ1) is 13.3. The van der Waals surface area contributed by atoms with Gasteiger partial charge in [-0.2, -0.15) is 0 Å². The summed E-state index contributed by atoms with van der Waals surface area (Å²) in [7, 11) is 2.91. The number of ether oxygens (including phenoxy) is 1. The van der Waals surface area contributed by atoms with E-state index >= 15 is 0 Å². The highest BCUT2D eigenvalue weighted by molar-refractivity contribution is 5.97. The molecular weight excluding hydrogens is 365 g/mol. The van der Waals surface area contributed by atoms with Crippen LogP contribution < -0.4 is 10.6 Å². The van der Waals surface area contributed by atoms with Crippen LogP contribution in [0.15, 0.2) is 42.5 Å². The maximum atomic E-state index is 12.9. The van der Waals surface area contributed by atoms with Gasteiger partial charge in [0.15, 0.2) is 0 Å². The molecule has 8 heteroatoms. The van der Waals surface area contributed by atoms with Crippen molar-refractivity contribution in [3.63, 3.8) is 0 Å². The fourth-order valence-electron chi connectivity index (χ4n) is 2.47. The third-order valence-electron chi connectivity index (χ3n) is 3.89. The number of esters is 1. The molecular formula is C20H22FN3O4. The molecule has 2 aromatic rings. The van der Waals surface area contributed by atoms with Crippen LogP contribution in [-0.4, -0.2) is 49.9 Å². The summed E-state index contributed by atoms with van der Waals surface area (Å²) in [4.78, 5) is 37.4. The normalized spacial score (nSPS) is 10.5. The quantitative estimate of drug-likeness (QED) is 0.713. The summed E-state index contributed by atoms with van der Waals surface area (Å²) in [5.41, 5.74) is 2.09. The number of aryl methyl sites for hydroxylation is 1. The lowest BCUT2D eigenvalue weighted by Crippen LogP contribution is -2.36. The predicted octanol–water partition coefficient (Wildman–Crippen LogP) is 2.43. The maximum Gasteiger partial charge on any atom is 0.337 e. The molecule has 0 aliphatic carbocycles. The maximum absolute atomic E-state index is 12.9. The fraction of sp³-hybridized carbons (Fsp3) is 0.250. The van der Waals surface area contributed by atoms with Gasteiger partial charge in [-0.25, -0.2) is 9.18 Å². The average molecular weight is 387 g/mol. The predicted molar refractivity (Wildman–Crippen MR) is 104 cm³/mol. The van der Waals surface area contributed by atoms with Crippen LogP contribution in [0.4, 0.5) is 15.8 Å². The molecule has 2 N–H and O–H groups in total. The molecule has 0 aliphatic heterocycles. The van der Waals surface area contributed by atoms with E-state index in [1.807, 2.05) is 0 Å². The van der Waals surface area contributed by atoms with Crippen molar-refractivity contribution in [2.24, 2.45) is 0 Å². The highest BCUT2D eigenvalue weighted by Crippen LogP contribution is 2.17. The second kappa shape index (κ2) is 9.61. The minimum Gasteiger partial charge on any atom is -0.465 e. The number of halogens is 1. The van der Waals surface area contributed by atoms with Crippen molar-refractivity contribution in [3.8, 4) is 0 Å². The van der Waals surface area contributed by atoms with Gasteiger partial charge in [0.1, 0.15) is 5.82 Å². The van der Waals surface area contributed by atoms with Gasteiger partial charge in [0.25, 0.3) is 0 Å². The molecule has 2 rings (SSSR count). The number of benzene rings is 2. The lowest BCUT2D eigenvalue weighted by molar-refractivity contribution is -0.119. The second-order valence-corrected chi connectivity index (χ2v) is 6.30. The van der Waals surface area contributed by atoms with Gasteiger partial charge in [-0.3, -0.25) is 14.5 Å². The average Bonchev–Trinajstić information content (AvgIpc) is 2.64. The topological polar surface area (TPSA) is 87.7 Å². The molecule has 0 fully saturated rings. The lowest BCUT2D eigenvalue weighted by atomic mass is 10.1. The second-order valence-electron chi connectivity index (χ2n) is 6.30. The molecule has 0 spiro atoms. The summed E-state index contributed by atoms with van der Waals surface area (Å²) >= 11 is 0. The Morgan fingerprint density at radius 2 is 1.61 bits per heavy atom. The van der Waals surface area contributed by atoms with Gasteiger partial charge in [-0.15, -0.1) is 0 Å². The van der Waals surface area contributed by atoms with Crippen LogP contribution in [0.5, 0.6) is 0 Å². The molecule has 0 heterocycles. The van der Waals surface area contributed by atoms with Crippen molar-refractivity contribution < 1.29 is 23.5 Å². The standard InChI is InChI=1S/C20H22FN3O4/c1-13-4-5-14(20(27)28-3)10-17(13)23-19(26)12-24(2)11-18(25)22-16-8-6-15(21)7-9-16/h4-10H,11-12H2,1-3H3,(H,22,25)(H,23,26). The Balaban J connectivity index is 1.89. The molecule has 0 unspecified atom stereocenters. The number of anilines is 2. The van der Waals surface area contributed by atoms with E-state index < -0.39 is 11.8 Å². The van der Waals surface area contributed by atoms with E-state index in [0.29, 0.717) is 16.9 Å². The van der Waals surface area contributed by atoms with Crippen molar-refractivity contribution in [1.29, 1.82) is 0 Å². The van der Waals surface area contributed by atoms with Gasteiger partial charge < -0.3 is 15.4 Å². The number of nitrogens with zero attached hydrogens (tertiary/aromatic N) is 1. The van der Waals surface area contributed by atoms with E-state index in [1.54, 1.807) is 32.2 Å². The zero-order valence-corrected chi connectivity index (χ0v) is 15.9. The van der Waals surface area contributed by atoms with E-state index in [9.17, 15) is 18.8 Å². The zero-order valence-electron chi connectivity index (χ0n) is 15.9. The molecule has 0 atom stereocenters. The summed E-state index contributed by atoms with van der Waals surface area (Å²) in [5.74, 6) is -1.54. The van der Waals surface area contributed by atoms with E-state index in [0.717, 1.165) is 5.56 Å². The van der Waals surface area contributed by atoms with Crippen molar-refractivity contribution in [3.05, 3.63) is 59.4 Å². The first kappa shape index (κ1) is 21.0. The Hall–Kier alpha value is -3.26. The minimum atomic E-state index is -0.495. The Kier molecular flexibility index (Phi) is 7.22. The molecule has 2 aromatic carbocycles. The van der Waals surface area contributed by atoms with Crippen molar-refractivity contribution >= 4 is 29.2 Å². The molecule has 7 nitrogen and oxygen atoms in total. The van der Waals surface area contributed by atoms with E-state index in [1.165, 1.54) is 36.3 Å². The van der Waals surface area contributed by atoms with Gasteiger partial charge in [0, 0.05) is 11.4 Å². The van der Waals surface area contributed by atoms with Crippen LogP contribution in [0.1, 0.15) is 15.9 Å². The molecule has 2 amide bonds. The van der Waals surface area contributed by atoms with Gasteiger partial charge in [-0.05, 0) is 55.9 Å². The molecule has 0 aromatic heterocycles. The van der Waals surface area contributed by atoms with Crippen LogP contribution in [0.3, 0.4) is 0 Å². The van der Waals surface area contributed by atoms with Crippen LogP contribution in [0.25, 0.3) is 0 Å². The zero-order chi connectivity index (χ0) is 20.7. The third kappa shape index (κ3) is 6.17. The highest BCUT2D eigenvalue weighted by atomic mass is 19.1. The summed E-state index contributed by atoms with van der Waals surface area (Å²) in [6.07, 6.45) is 0. The van der Waals surface area contributed by atoms with Gasteiger partial charge in [-0.1, -0.05) is 6.07 Å². The van der Waals surface area contributed by atoms with E-state index in [2.05, 4.69) is 15.4 Å². The van der Waals surface area contributed by atoms with Crippen LogP contribution in [-0.2, 0) is 14.3 Å². The number of hydrogen-bond donors (Lipinski definition) is 2. The van der Waals surface area contributed by atoms with E-state index in [4.69, 9.17) is 0 Å². The van der Waals surface area contributed by atoms with Crippen molar-refractivity contribution in [2.45, 2.75) is 6.92 Å². The molecule has 0 bridgehead atoms. The first-order valence-corrected chi connectivity index (χ1v) is 8.51. The molecule has 0 radical (unpaired) electrons. The fourth-order valence-corrected chi connectivity index (χ4v) is 2.47. The number of amides is 2. The third-order valence-corrected chi connectivity index (χ3v) is 3.89. The number of carbonyl (C=O) groups excluding carboxylic acids is 3. The smallest absolute Gasteiger partial charge is 0.337 e. The summed E-state index contributed by atoms with van der Waals surface area (Å²) in [6, 6.07) is 10.3. The molecule has 28 heavy (non-hydrogen) atoms. The number of methoxy groups -OCH3 is 1. The Bertz CT molecular complexity index is 868. The van der Waals surface area contributed by atoms with Crippen molar-refractivity contribution in [2.75, 3.05) is 37.9 Å². The van der Waals surface area contributed by atoms with Crippen molar-refractivity contribution in [1.82, 2.24) is 4.90 Å². The van der Waals surface area contributed by atoms with Gasteiger partial charge >= 0.3 is 5.97 Å². The number of nitrogens with one attached hydrogen (secondary N) is 2. The lowest BCUT2D eigenvalue weighted by Gasteiger charge is -2.17. The first-order valence-electron chi connectivity index (χ1n) is 8.51. The minimum absolute atomic E-state index is 0.0218. The Labute approximate surface area is 162 Å². The van der Waals surface area contributed by atoms with Gasteiger partial charge in [0.2, 0.25) is 11.8 Å². The summed E-state index contributed by atoms with van der Waals surface area (Å²) in [5, 5.41) is 5.36. The molecule has 0 saturated heterocycles. The largest absolute Gasteiger partial charge is 0.465 e. The Morgan fingerprint density at radius 1 is 1.00 bits per heavy atom. The summed E-state index contributed by atoms with van der Waals surface area (Å²) < 4.78 is 17.6. The number of carbonyl (C=O) groups is 3. The highest BCUT2D eigenvalue weighted by Gasteiger charge is 2.14. The number of likely N-dealkylation sites (N-methyl/N-ethyl adjacent to an activating group) is 1. The van der Waals surface area contributed by atoms with E-state index in [-0.39, 0.29) is 24.9 Å². The number of rotatable bonds is 7. The van der Waals surface area contributed by atoms with Gasteiger partial charge in [0.05, 0.1) is 25.8 Å². The number of hydrogen-bond acceptors (Lipinski definition) is 5. The molecule has 0 aliphatic rings.